The average Bonchev–Trinajstić information content (AvgIpc) is 2.54. The van der Waals surface area contributed by atoms with E-state index < -0.39 is 0 Å². The number of para-hydroxylation sites is 1. The van der Waals surface area contributed by atoms with Crippen molar-refractivity contribution >= 4 is 22.7 Å². The van der Waals surface area contributed by atoms with Crippen molar-refractivity contribution in [2.45, 2.75) is 25.8 Å². The molecular weight excluding hydrogens is 278 g/mol. The van der Waals surface area contributed by atoms with E-state index in [4.69, 9.17) is 4.74 Å². The number of anilines is 1. The lowest BCUT2D eigenvalue weighted by Gasteiger charge is -2.33. The minimum Gasteiger partial charge on any atom is -0.453 e. The lowest BCUT2D eigenvalue weighted by Crippen LogP contribution is -2.45. The minimum atomic E-state index is -0.248. The van der Waals surface area contributed by atoms with Gasteiger partial charge < -0.3 is 15.0 Å². The molecule has 0 bridgehead atoms. The number of benzene rings is 1. The molecule has 1 saturated heterocycles. The lowest BCUT2D eigenvalue weighted by atomic mass is 10.0. The van der Waals surface area contributed by atoms with Gasteiger partial charge >= 0.3 is 6.09 Å². The van der Waals surface area contributed by atoms with Gasteiger partial charge in [0.25, 0.3) is 0 Å². The maximum Gasteiger partial charge on any atom is 0.409 e. The van der Waals surface area contributed by atoms with E-state index in [1.54, 1.807) is 4.90 Å². The number of fused-ring (bicyclic) bond motifs is 1. The predicted octanol–water partition coefficient (Wildman–Crippen LogP) is 3.19. The van der Waals surface area contributed by atoms with Crippen LogP contribution in [-0.4, -0.2) is 42.2 Å². The van der Waals surface area contributed by atoms with Crippen LogP contribution in [0.2, 0.25) is 0 Å². The van der Waals surface area contributed by atoms with E-state index in [0.29, 0.717) is 6.54 Å². The van der Waals surface area contributed by atoms with Crippen LogP contribution >= 0.6 is 0 Å². The van der Waals surface area contributed by atoms with Gasteiger partial charge in [-0.3, -0.25) is 4.98 Å². The number of methoxy groups -OCH3 is 1. The number of hydrogen-bond acceptors (Lipinski definition) is 4. The summed E-state index contributed by atoms with van der Waals surface area (Å²) in [5.41, 5.74) is 3.06. The molecule has 1 aromatic heterocycles. The molecule has 2 heterocycles. The zero-order chi connectivity index (χ0) is 15.5. The van der Waals surface area contributed by atoms with Crippen LogP contribution in [0.1, 0.15) is 18.5 Å². The fourth-order valence-corrected chi connectivity index (χ4v) is 3.04. The number of piperidine rings is 1. The van der Waals surface area contributed by atoms with Gasteiger partial charge in [0.2, 0.25) is 0 Å². The first-order valence-corrected chi connectivity index (χ1v) is 7.63. The number of nitrogens with zero attached hydrogens (tertiary/aromatic N) is 2. The van der Waals surface area contributed by atoms with Crippen molar-refractivity contribution in [3.63, 3.8) is 0 Å². The van der Waals surface area contributed by atoms with Crippen molar-refractivity contribution in [2.24, 2.45) is 0 Å². The quantitative estimate of drug-likeness (QED) is 0.925. The normalized spacial score (nSPS) is 18.3. The van der Waals surface area contributed by atoms with E-state index in [1.165, 1.54) is 7.11 Å². The lowest BCUT2D eigenvalue weighted by molar-refractivity contribution is 0.113. The molecule has 1 aliphatic heterocycles. The van der Waals surface area contributed by atoms with E-state index in [-0.39, 0.29) is 12.1 Å². The number of nitrogens with one attached hydrogen (secondary N) is 1. The molecule has 3 rings (SSSR count). The van der Waals surface area contributed by atoms with Crippen LogP contribution in [0.4, 0.5) is 10.5 Å². The van der Waals surface area contributed by atoms with Crippen LogP contribution in [0, 0.1) is 6.92 Å². The highest BCUT2D eigenvalue weighted by Gasteiger charge is 2.24. The smallest absolute Gasteiger partial charge is 0.409 e. The molecule has 1 aromatic carbocycles. The Hall–Kier alpha value is -2.30. The molecule has 0 saturated carbocycles. The van der Waals surface area contributed by atoms with Crippen molar-refractivity contribution in [1.29, 1.82) is 0 Å². The van der Waals surface area contributed by atoms with E-state index in [1.807, 2.05) is 25.1 Å². The second-order valence-electron chi connectivity index (χ2n) is 5.73. The summed E-state index contributed by atoms with van der Waals surface area (Å²) in [5.74, 6) is 0. The van der Waals surface area contributed by atoms with Crippen LogP contribution in [-0.2, 0) is 4.74 Å². The molecular formula is C17H21N3O2. The molecule has 5 heteroatoms. The molecule has 116 valence electrons. The topological polar surface area (TPSA) is 54.5 Å². The van der Waals surface area contributed by atoms with E-state index in [2.05, 4.69) is 22.4 Å². The molecule has 1 N–H and O–H groups in total. The molecule has 0 spiro atoms. The summed E-state index contributed by atoms with van der Waals surface area (Å²) < 4.78 is 4.83. The molecule has 22 heavy (non-hydrogen) atoms. The summed E-state index contributed by atoms with van der Waals surface area (Å²) in [5, 5.41) is 4.70. The molecule has 5 nitrogen and oxygen atoms in total. The fraction of sp³-hybridized carbons (Fsp3) is 0.412. The van der Waals surface area contributed by atoms with Crippen molar-refractivity contribution in [3.05, 3.63) is 36.0 Å². The van der Waals surface area contributed by atoms with Gasteiger partial charge in [0.05, 0.1) is 12.6 Å². The Morgan fingerprint density at radius 2 is 2.23 bits per heavy atom. The van der Waals surface area contributed by atoms with Crippen LogP contribution < -0.4 is 5.32 Å². The Labute approximate surface area is 130 Å². The Kier molecular flexibility index (Phi) is 4.13. The highest BCUT2D eigenvalue weighted by molar-refractivity contribution is 5.91. The summed E-state index contributed by atoms with van der Waals surface area (Å²) in [6.07, 6.45) is 1.78. The van der Waals surface area contributed by atoms with Crippen LogP contribution in [0.25, 0.3) is 10.9 Å². The molecule has 1 amide bonds. The molecule has 0 radical (unpaired) electrons. The first-order chi connectivity index (χ1) is 10.7. The van der Waals surface area contributed by atoms with Gasteiger partial charge in [-0.15, -0.1) is 0 Å². The number of likely N-dealkylation sites (tertiary alicyclic amines) is 1. The van der Waals surface area contributed by atoms with Gasteiger partial charge in [0.1, 0.15) is 0 Å². The average molecular weight is 299 g/mol. The van der Waals surface area contributed by atoms with Gasteiger partial charge in [-0.05, 0) is 31.9 Å². The number of hydrogen-bond donors (Lipinski definition) is 1. The van der Waals surface area contributed by atoms with Crippen molar-refractivity contribution in [2.75, 3.05) is 25.5 Å². The largest absolute Gasteiger partial charge is 0.453 e. The van der Waals surface area contributed by atoms with Gasteiger partial charge in [0.15, 0.2) is 0 Å². The summed E-state index contributed by atoms with van der Waals surface area (Å²) in [7, 11) is 1.43. The fourth-order valence-electron chi connectivity index (χ4n) is 3.04. The zero-order valence-corrected chi connectivity index (χ0v) is 13.0. The van der Waals surface area contributed by atoms with Gasteiger partial charge in [-0.25, -0.2) is 4.79 Å². The van der Waals surface area contributed by atoms with Crippen molar-refractivity contribution in [1.82, 2.24) is 9.88 Å². The second-order valence-corrected chi connectivity index (χ2v) is 5.73. The third-order valence-corrected chi connectivity index (χ3v) is 4.06. The Morgan fingerprint density at radius 1 is 1.41 bits per heavy atom. The predicted molar refractivity (Wildman–Crippen MR) is 87.1 cm³/mol. The van der Waals surface area contributed by atoms with Crippen LogP contribution in [0.3, 0.4) is 0 Å². The summed E-state index contributed by atoms with van der Waals surface area (Å²) in [4.78, 5) is 18.0. The van der Waals surface area contributed by atoms with Crippen LogP contribution in [0.5, 0.6) is 0 Å². The van der Waals surface area contributed by atoms with Gasteiger partial charge in [0, 0.05) is 35.9 Å². The monoisotopic (exact) mass is 299 g/mol. The van der Waals surface area contributed by atoms with Crippen molar-refractivity contribution < 1.29 is 9.53 Å². The number of pyridine rings is 1. The number of ether oxygens (including phenoxy) is 1. The molecule has 0 aliphatic carbocycles. The number of carbonyl (C=O) groups is 1. The highest BCUT2D eigenvalue weighted by Crippen LogP contribution is 2.25. The second kappa shape index (κ2) is 6.22. The summed E-state index contributed by atoms with van der Waals surface area (Å²) in [6, 6.07) is 10.4. The van der Waals surface area contributed by atoms with E-state index in [0.717, 1.165) is 41.7 Å². The maximum absolute atomic E-state index is 11.7. The van der Waals surface area contributed by atoms with Crippen LogP contribution in [0.15, 0.2) is 30.3 Å². The first-order valence-electron chi connectivity index (χ1n) is 7.63. The Balaban J connectivity index is 1.82. The molecule has 1 aliphatic rings. The van der Waals surface area contributed by atoms with Gasteiger partial charge in [-0.1, -0.05) is 18.2 Å². The number of aryl methyl sites for hydroxylation is 1. The third-order valence-electron chi connectivity index (χ3n) is 4.06. The highest BCUT2D eigenvalue weighted by atomic mass is 16.5. The third kappa shape index (κ3) is 2.98. The summed E-state index contributed by atoms with van der Waals surface area (Å²) in [6.45, 7) is 3.43. The number of aromatic nitrogens is 1. The zero-order valence-electron chi connectivity index (χ0n) is 13.0. The SMILES string of the molecule is COC(=O)N1CCCC(Nc2cc(C)nc3ccccc23)C1. The standard InChI is InChI=1S/C17H21N3O2/c1-12-10-16(14-7-3-4-8-15(14)18-12)19-13-6-5-9-20(11-13)17(21)22-2/h3-4,7-8,10,13H,5-6,9,11H2,1-2H3,(H,18,19). The van der Waals surface area contributed by atoms with Crippen molar-refractivity contribution in [3.8, 4) is 0 Å². The Morgan fingerprint density at radius 3 is 3.05 bits per heavy atom. The van der Waals surface area contributed by atoms with E-state index >= 15 is 0 Å². The number of amides is 1. The Bertz CT molecular complexity index is 687. The molecule has 1 fully saturated rings. The maximum atomic E-state index is 11.7. The molecule has 2 aromatic rings. The number of rotatable bonds is 2. The molecule has 1 unspecified atom stereocenters. The van der Waals surface area contributed by atoms with Gasteiger partial charge in [-0.2, -0.15) is 0 Å². The van der Waals surface area contributed by atoms with E-state index in [9.17, 15) is 4.79 Å². The minimum absolute atomic E-state index is 0.234. The first kappa shape index (κ1) is 14.6. The molecule has 1 atom stereocenters. The summed E-state index contributed by atoms with van der Waals surface area (Å²) >= 11 is 0. The number of carbonyl (C=O) groups excluding carboxylic acids is 1.